The number of likely N-dealkylation sites (tertiary alicyclic amines) is 1. The number of rotatable bonds is 2. The largest absolute Gasteiger partial charge is 0.369 e. The summed E-state index contributed by atoms with van der Waals surface area (Å²) >= 11 is 3.09. The molecule has 102 valence electrons. The van der Waals surface area contributed by atoms with Gasteiger partial charge in [0.25, 0.3) is 5.91 Å². The molecule has 0 aromatic heterocycles. The second-order valence-electron chi connectivity index (χ2n) is 4.57. The molecule has 2 amide bonds. The molecule has 0 radical (unpaired) electrons. The van der Waals surface area contributed by atoms with Crippen molar-refractivity contribution in [2.24, 2.45) is 11.7 Å². The van der Waals surface area contributed by atoms with Gasteiger partial charge in [-0.1, -0.05) is 6.07 Å². The molecule has 2 N–H and O–H groups in total. The average Bonchev–Trinajstić information content (AvgIpc) is 2.41. The maximum absolute atomic E-state index is 13.4. The second-order valence-corrected chi connectivity index (χ2v) is 5.36. The smallest absolute Gasteiger partial charge is 0.255 e. The number of carbonyl (C=O) groups excluding carboxylic acids is 2. The second kappa shape index (κ2) is 5.69. The minimum absolute atomic E-state index is 0.167. The maximum atomic E-state index is 13.4. The first kappa shape index (κ1) is 14.0. The predicted octanol–water partition coefficient (Wildman–Crippen LogP) is 1.93. The molecule has 1 aliphatic heterocycles. The standard InChI is InChI=1S/C13H14BrFN2O2/c14-11-9(2-1-3-10(11)15)13(19)17-6-4-8(5-7-17)12(16)18/h1-3,8H,4-7H2,(H2,16,18). The minimum Gasteiger partial charge on any atom is -0.369 e. The van der Waals surface area contributed by atoms with Gasteiger partial charge in [-0.3, -0.25) is 9.59 Å². The van der Waals surface area contributed by atoms with Crippen LogP contribution in [0.15, 0.2) is 22.7 Å². The number of piperidine rings is 1. The normalized spacial score (nSPS) is 16.4. The molecular weight excluding hydrogens is 315 g/mol. The average molecular weight is 329 g/mol. The summed E-state index contributed by atoms with van der Waals surface area (Å²) in [6.07, 6.45) is 1.13. The molecule has 1 aromatic rings. The Morgan fingerprint density at radius 3 is 2.53 bits per heavy atom. The number of hydrogen-bond donors (Lipinski definition) is 1. The summed E-state index contributed by atoms with van der Waals surface area (Å²) in [5, 5.41) is 0. The summed E-state index contributed by atoms with van der Waals surface area (Å²) in [6, 6.07) is 4.37. The van der Waals surface area contributed by atoms with E-state index in [0.717, 1.165) is 0 Å². The van der Waals surface area contributed by atoms with Crippen LogP contribution in [0, 0.1) is 11.7 Å². The third kappa shape index (κ3) is 2.94. The lowest BCUT2D eigenvalue weighted by molar-refractivity contribution is -0.123. The lowest BCUT2D eigenvalue weighted by Gasteiger charge is -2.30. The van der Waals surface area contributed by atoms with Crippen LogP contribution in [-0.4, -0.2) is 29.8 Å². The van der Waals surface area contributed by atoms with Crippen LogP contribution in [0.1, 0.15) is 23.2 Å². The zero-order valence-electron chi connectivity index (χ0n) is 10.2. The van der Waals surface area contributed by atoms with E-state index in [-0.39, 0.29) is 22.2 Å². The van der Waals surface area contributed by atoms with E-state index in [0.29, 0.717) is 31.5 Å². The highest BCUT2D eigenvalue weighted by atomic mass is 79.9. The molecule has 2 rings (SSSR count). The molecule has 0 saturated carbocycles. The van der Waals surface area contributed by atoms with Crippen LogP contribution in [0.2, 0.25) is 0 Å². The topological polar surface area (TPSA) is 63.4 Å². The van der Waals surface area contributed by atoms with Crippen molar-refractivity contribution >= 4 is 27.7 Å². The van der Waals surface area contributed by atoms with E-state index in [9.17, 15) is 14.0 Å². The molecule has 19 heavy (non-hydrogen) atoms. The number of benzene rings is 1. The first-order chi connectivity index (χ1) is 9.00. The fourth-order valence-corrected chi connectivity index (χ4v) is 2.64. The third-order valence-electron chi connectivity index (χ3n) is 3.37. The summed E-state index contributed by atoms with van der Waals surface area (Å²) in [5.41, 5.74) is 5.55. The summed E-state index contributed by atoms with van der Waals surface area (Å²) < 4.78 is 13.6. The lowest BCUT2D eigenvalue weighted by Crippen LogP contribution is -2.41. The SMILES string of the molecule is NC(=O)C1CCN(C(=O)c2cccc(F)c2Br)CC1. The number of nitrogens with zero attached hydrogens (tertiary/aromatic N) is 1. The Kier molecular flexibility index (Phi) is 4.19. The molecule has 4 nitrogen and oxygen atoms in total. The van der Waals surface area contributed by atoms with Gasteiger partial charge in [-0.05, 0) is 40.9 Å². The lowest BCUT2D eigenvalue weighted by atomic mass is 9.96. The number of nitrogens with two attached hydrogens (primary N) is 1. The number of halogens is 2. The van der Waals surface area contributed by atoms with Gasteiger partial charge in [-0.2, -0.15) is 0 Å². The number of amides is 2. The molecule has 1 aromatic carbocycles. The molecule has 1 aliphatic rings. The summed E-state index contributed by atoms with van der Waals surface area (Å²) in [4.78, 5) is 24.9. The molecule has 1 heterocycles. The van der Waals surface area contributed by atoms with Gasteiger partial charge in [-0.25, -0.2) is 4.39 Å². The van der Waals surface area contributed by atoms with Gasteiger partial charge >= 0.3 is 0 Å². The highest BCUT2D eigenvalue weighted by molar-refractivity contribution is 9.10. The van der Waals surface area contributed by atoms with E-state index in [1.54, 1.807) is 11.0 Å². The Balaban J connectivity index is 2.09. The van der Waals surface area contributed by atoms with Crippen LogP contribution >= 0.6 is 15.9 Å². The predicted molar refractivity (Wildman–Crippen MR) is 71.9 cm³/mol. The first-order valence-corrected chi connectivity index (χ1v) is 6.82. The number of carbonyl (C=O) groups is 2. The molecule has 1 saturated heterocycles. The quantitative estimate of drug-likeness (QED) is 0.901. The van der Waals surface area contributed by atoms with Crippen LogP contribution in [0.25, 0.3) is 0 Å². The summed E-state index contributed by atoms with van der Waals surface area (Å²) in [7, 11) is 0. The molecular formula is C13H14BrFN2O2. The molecule has 0 bridgehead atoms. The molecule has 0 aliphatic carbocycles. The van der Waals surface area contributed by atoms with Crippen molar-refractivity contribution in [2.75, 3.05) is 13.1 Å². The van der Waals surface area contributed by atoms with Crippen LogP contribution in [0.3, 0.4) is 0 Å². The van der Waals surface area contributed by atoms with E-state index < -0.39 is 5.82 Å². The molecule has 1 fully saturated rings. The highest BCUT2D eigenvalue weighted by Crippen LogP contribution is 2.24. The van der Waals surface area contributed by atoms with E-state index in [1.807, 2.05) is 0 Å². The Hall–Kier alpha value is -1.43. The highest BCUT2D eigenvalue weighted by Gasteiger charge is 2.27. The van der Waals surface area contributed by atoms with Crippen LogP contribution in [0.4, 0.5) is 4.39 Å². The van der Waals surface area contributed by atoms with Crippen molar-refractivity contribution < 1.29 is 14.0 Å². The summed E-state index contributed by atoms with van der Waals surface area (Å²) in [5.74, 6) is -1.17. The van der Waals surface area contributed by atoms with Crippen molar-refractivity contribution in [2.45, 2.75) is 12.8 Å². The molecule has 0 unspecified atom stereocenters. The van der Waals surface area contributed by atoms with Gasteiger partial charge < -0.3 is 10.6 Å². The monoisotopic (exact) mass is 328 g/mol. The molecule has 0 atom stereocenters. The Bertz CT molecular complexity index is 513. The van der Waals surface area contributed by atoms with Crippen LogP contribution in [0.5, 0.6) is 0 Å². The van der Waals surface area contributed by atoms with Gasteiger partial charge in [0, 0.05) is 19.0 Å². The number of hydrogen-bond acceptors (Lipinski definition) is 2. The summed E-state index contributed by atoms with van der Waals surface area (Å²) in [6.45, 7) is 0.935. The molecule has 6 heteroatoms. The van der Waals surface area contributed by atoms with Crippen molar-refractivity contribution in [3.63, 3.8) is 0 Å². The zero-order valence-corrected chi connectivity index (χ0v) is 11.8. The Morgan fingerprint density at radius 1 is 1.32 bits per heavy atom. The fourth-order valence-electron chi connectivity index (χ4n) is 2.21. The van der Waals surface area contributed by atoms with Crippen LogP contribution < -0.4 is 5.73 Å². The third-order valence-corrected chi connectivity index (χ3v) is 4.17. The van der Waals surface area contributed by atoms with Gasteiger partial charge in [-0.15, -0.1) is 0 Å². The number of primary amides is 1. The van der Waals surface area contributed by atoms with Crippen LogP contribution in [-0.2, 0) is 4.79 Å². The van der Waals surface area contributed by atoms with E-state index >= 15 is 0 Å². The van der Waals surface area contributed by atoms with E-state index in [1.165, 1.54) is 12.1 Å². The van der Waals surface area contributed by atoms with Gasteiger partial charge in [0.2, 0.25) is 5.91 Å². The Labute approximate surface area is 118 Å². The minimum atomic E-state index is -0.460. The van der Waals surface area contributed by atoms with E-state index in [4.69, 9.17) is 5.73 Å². The van der Waals surface area contributed by atoms with Gasteiger partial charge in [0.15, 0.2) is 0 Å². The fraction of sp³-hybridized carbons (Fsp3) is 0.385. The maximum Gasteiger partial charge on any atom is 0.255 e. The Morgan fingerprint density at radius 2 is 1.95 bits per heavy atom. The zero-order chi connectivity index (χ0) is 14.0. The van der Waals surface area contributed by atoms with E-state index in [2.05, 4.69) is 15.9 Å². The van der Waals surface area contributed by atoms with Crippen molar-refractivity contribution in [3.05, 3.63) is 34.1 Å². The van der Waals surface area contributed by atoms with Crippen molar-refractivity contribution in [1.29, 1.82) is 0 Å². The first-order valence-electron chi connectivity index (χ1n) is 6.03. The van der Waals surface area contributed by atoms with Crippen molar-refractivity contribution in [1.82, 2.24) is 4.90 Å². The molecule has 0 spiro atoms. The van der Waals surface area contributed by atoms with Crippen molar-refractivity contribution in [3.8, 4) is 0 Å². The van der Waals surface area contributed by atoms with Gasteiger partial charge in [0.05, 0.1) is 10.0 Å². The van der Waals surface area contributed by atoms with Gasteiger partial charge in [0.1, 0.15) is 5.82 Å².